The van der Waals surface area contributed by atoms with Crippen LogP contribution in [0.4, 0.5) is 4.39 Å². The summed E-state index contributed by atoms with van der Waals surface area (Å²) in [5.41, 5.74) is -4.16. The minimum absolute atomic E-state index is 0.0460. The molecule has 232 valence electrons. The maximum absolute atomic E-state index is 17.8. The number of hydrogen-bond donors (Lipinski definition) is 1. The molecule has 1 unspecified atom stereocenters. The van der Waals surface area contributed by atoms with Crippen LogP contribution >= 0.6 is 0 Å². The lowest BCUT2D eigenvalue weighted by Gasteiger charge is -2.62. The number of fused-ring (bicyclic) bond motifs is 7. The number of ketones is 2. The molecule has 0 aromatic rings. The molecule has 0 bridgehead atoms. The van der Waals surface area contributed by atoms with Gasteiger partial charge in [-0.25, -0.2) is 4.39 Å². The number of hydrogen-bond acceptors (Lipinski definition) is 7. The third-order valence-corrected chi connectivity index (χ3v) is 13.0. The molecular formula is C34H49FN2O5. The van der Waals surface area contributed by atoms with Crippen molar-refractivity contribution in [1.82, 2.24) is 9.80 Å². The Bertz CT molecular complexity index is 1180. The maximum atomic E-state index is 17.8. The standard InChI is InChI=1S/C34H49FN2O5/c1-31-13-12-24(38)18-23(31)10-11-25-26-19-29-34(32(26,2)20-27(39)33(25,31)35,42-30(41-29)22-8-5-4-6-9-22)28(40)21-37-15-7-14-36(3)16-17-37/h12-13,18,22,25-27,29-30,39H,4-11,14-17,19-21H2,1-3H3/t25-,26-,27-,29-,30?,31-,32-,33-,34+/m0/s1. The van der Waals surface area contributed by atoms with Crippen molar-refractivity contribution >= 4 is 11.6 Å². The van der Waals surface area contributed by atoms with Crippen molar-refractivity contribution in [3.05, 3.63) is 23.8 Å². The molecule has 0 amide bonds. The minimum atomic E-state index is -1.93. The largest absolute Gasteiger partial charge is 0.390 e. The number of rotatable bonds is 4. The summed E-state index contributed by atoms with van der Waals surface area (Å²) in [6.45, 7) is 7.86. The van der Waals surface area contributed by atoms with E-state index < -0.39 is 46.5 Å². The number of alkyl halides is 1. The van der Waals surface area contributed by atoms with Crippen LogP contribution in [0.25, 0.3) is 0 Å². The van der Waals surface area contributed by atoms with E-state index in [4.69, 9.17) is 9.47 Å². The van der Waals surface area contributed by atoms with Crippen LogP contribution in [0.15, 0.2) is 23.8 Å². The molecule has 2 heterocycles. The zero-order valence-corrected chi connectivity index (χ0v) is 25.7. The molecule has 0 aromatic carbocycles. The van der Waals surface area contributed by atoms with Gasteiger partial charge in [0.05, 0.1) is 18.8 Å². The number of aliphatic hydroxyl groups excluding tert-OH is 1. The average molecular weight is 585 g/mol. The molecule has 7 rings (SSSR count). The van der Waals surface area contributed by atoms with Crippen LogP contribution in [0.1, 0.15) is 78.1 Å². The summed E-state index contributed by atoms with van der Waals surface area (Å²) in [7, 11) is 2.13. The van der Waals surface area contributed by atoms with Crippen molar-refractivity contribution in [2.45, 2.75) is 108 Å². The zero-order chi connectivity index (χ0) is 29.5. The first-order valence-corrected chi connectivity index (χ1v) is 16.6. The summed E-state index contributed by atoms with van der Waals surface area (Å²) in [5.74, 6) is -0.442. The SMILES string of the molecule is CN1CCCN(CC(=O)[C@@]23OC(C4CCCCC4)O[C@H]2C[C@H]2[C@@H]4CCC5=CC(=O)C=C[C@]5(C)[C@@]4(F)[C@@H](O)C[C@@]23C)CC1. The van der Waals surface area contributed by atoms with E-state index >= 15 is 4.39 Å². The average Bonchev–Trinajstić information content (AvgIpc) is 3.38. The molecule has 7 nitrogen and oxygen atoms in total. The second-order valence-electron chi connectivity index (χ2n) is 15.1. The second-order valence-corrected chi connectivity index (χ2v) is 15.1. The smallest absolute Gasteiger partial charge is 0.181 e. The highest BCUT2D eigenvalue weighted by atomic mass is 19.1. The lowest BCUT2D eigenvalue weighted by atomic mass is 9.44. The van der Waals surface area contributed by atoms with E-state index in [0.717, 1.165) is 63.9 Å². The summed E-state index contributed by atoms with van der Waals surface area (Å²) in [4.78, 5) is 31.6. The fraction of sp³-hybridized carbons (Fsp3) is 0.824. The summed E-state index contributed by atoms with van der Waals surface area (Å²) < 4.78 is 31.6. The molecule has 4 saturated carbocycles. The van der Waals surface area contributed by atoms with Crippen LogP contribution in [0.5, 0.6) is 0 Å². The number of carbonyl (C=O) groups is 2. The number of carbonyl (C=O) groups excluding carboxylic acids is 2. The maximum Gasteiger partial charge on any atom is 0.181 e. The van der Waals surface area contributed by atoms with Crippen LogP contribution in [0.2, 0.25) is 0 Å². The van der Waals surface area contributed by atoms with Gasteiger partial charge >= 0.3 is 0 Å². The molecule has 6 fully saturated rings. The van der Waals surface area contributed by atoms with Crippen LogP contribution in [-0.2, 0) is 19.1 Å². The van der Waals surface area contributed by atoms with Gasteiger partial charge in [-0.05, 0) is 90.1 Å². The lowest BCUT2D eigenvalue weighted by molar-refractivity contribution is -0.235. The predicted molar refractivity (Wildman–Crippen MR) is 156 cm³/mol. The van der Waals surface area contributed by atoms with Crippen LogP contribution in [0.3, 0.4) is 0 Å². The third-order valence-electron chi connectivity index (χ3n) is 13.0. The van der Waals surface area contributed by atoms with Crippen LogP contribution in [0, 0.1) is 28.6 Å². The molecule has 8 heteroatoms. The van der Waals surface area contributed by atoms with E-state index in [0.29, 0.717) is 25.8 Å². The van der Waals surface area contributed by atoms with E-state index in [-0.39, 0.29) is 29.8 Å². The molecule has 2 aliphatic heterocycles. The normalized spacial score (nSPS) is 48.2. The molecule has 42 heavy (non-hydrogen) atoms. The van der Waals surface area contributed by atoms with Gasteiger partial charge in [-0.15, -0.1) is 0 Å². The molecule has 0 aromatic heterocycles. The van der Waals surface area contributed by atoms with Crippen molar-refractivity contribution in [3.63, 3.8) is 0 Å². The van der Waals surface area contributed by atoms with Gasteiger partial charge in [0.1, 0.15) is 0 Å². The Kier molecular flexibility index (Phi) is 7.18. The Morgan fingerprint density at radius 1 is 1.07 bits per heavy atom. The molecule has 0 spiro atoms. The first-order chi connectivity index (χ1) is 20.0. The topological polar surface area (TPSA) is 79.3 Å². The fourth-order valence-electron chi connectivity index (χ4n) is 10.7. The van der Waals surface area contributed by atoms with E-state index in [1.807, 2.05) is 6.92 Å². The van der Waals surface area contributed by atoms with E-state index in [1.165, 1.54) is 12.5 Å². The quantitative estimate of drug-likeness (QED) is 0.530. The summed E-state index contributed by atoms with van der Waals surface area (Å²) >= 11 is 0. The zero-order valence-electron chi connectivity index (χ0n) is 25.7. The molecule has 7 aliphatic rings. The molecule has 2 saturated heterocycles. The number of ether oxygens (including phenoxy) is 2. The molecule has 9 atom stereocenters. The van der Waals surface area contributed by atoms with Crippen molar-refractivity contribution in [2.24, 2.45) is 28.6 Å². The van der Waals surface area contributed by atoms with Crippen LogP contribution in [-0.4, -0.2) is 96.0 Å². The van der Waals surface area contributed by atoms with Gasteiger partial charge in [-0.2, -0.15) is 0 Å². The van der Waals surface area contributed by atoms with E-state index in [9.17, 15) is 14.7 Å². The van der Waals surface area contributed by atoms with Gasteiger partial charge in [0.25, 0.3) is 0 Å². The Hall–Kier alpha value is -1.45. The van der Waals surface area contributed by atoms with Crippen molar-refractivity contribution in [3.8, 4) is 0 Å². The van der Waals surface area contributed by atoms with Crippen molar-refractivity contribution in [2.75, 3.05) is 39.8 Å². The number of likely N-dealkylation sites (N-methyl/N-ethyl adjacent to an activating group) is 1. The first-order valence-electron chi connectivity index (χ1n) is 16.6. The van der Waals surface area contributed by atoms with Crippen molar-refractivity contribution in [1.29, 1.82) is 0 Å². The van der Waals surface area contributed by atoms with E-state index in [1.54, 1.807) is 12.2 Å². The van der Waals surface area contributed by atoms with Gasteiger partial charge in [0.2, 0.25) is 0 Å². The molecule has 5 aliphatic carbocycles. The fourth-order valence-corrected chi connectivity index (χ4v) is 10.7. The Morgan fingerprint density at radius 2 is 1.86 bits per heavy atom. The van der Waals surface area contributed by atoms with Crippen molar-refractivity contribution < 1.29 is 28.6 Å². The van der Waals surface area contributed by atoms with E-state index in [2.05, 4.69) is 23.8 Å². The highest BCUT2D eigenvalue weighted by Gasteiger charge is 2.79. The Labute approximate surface area is 249 Å². The number of nitrogens with zero attached hydrogens (tertiary/aromatic N) is 2. The monoisotopic (exact) mass is 584 g/mol. The summed E-state index contributed by atoms with van der Waals surface area (Å²) in [6, 6.07) is 0. The molecular weight excluding hydrogens is 535 g/mol. The molecule has 1 N–H and O–H groups in total. The number of allylic oxidation sites excluding steroid dienone is 4. The number of halogens is 1. The van der Waals surface area contributed by atoms with Gasteiger partial charge in [0, 0.05) is 35.8 Å². The number of Topliss-reactive ketones (excluding diaryl/α,β-unsaturated/α-hetero) is 1. The minimum Gasteiger partial charge on any atom is -0.390 e. The highest BCUT2D eigenvalue weighted by molar-refractivity contribution is 6.01. The highest BCUT2D eigenvalue weighted by Crippen LogP contribution is 2.72. The third kappa shape index (κ3) is 4.00. The summed E-state index contributed by atoms with van der Waals surface area (Å²) in [6.07, 6.45) is 11.0. The number of aliphatic hydroxyl groups is 1. The van der Waals surface area contributed by atoms with Gasteiger partial charge in [-0.1, -0.05) is 37.8 Å². The second kappa shape index (κ2) is 10.3. The summed E-state index contributed by atoms with van der Waals surface area (Å²) in [5, 5.41) is 11.9. The Balaban J connectivity index is 1.25. The predicted octanol–water partition coefficient (Wildman–Crippen LogP) is 4.23. The van der Waals surface area contributed by atoms with Gasteiger partial charge in [0.15, 0.2) is 29.1 Å². The Morgan fingerprint density at radius 3 is 2.64 bits per heavy atom. The van der Waals surface area contributed by atoms with Crippen LogP contribution < -0.4 is 0 Å². The first kappa shape index (κ1) is 29.3. The van der Waals surface area contributed by atoms with Gasteiger partial charge in [-0.3, -0.25) is 14.5 Å². The lowest BCUT2D eigenvalue weighted by Crippen LogP contribution is -2.70. The van der Waals surface area contributed by atoms with Gasteiger partial charge < -0.3 is 19.5 Å². The molecule has 0 radical (unpaired) electrons.